The minimum absolute atomic E-state index is 0.000302. The Morgan fingerprint density at radius 2 is 2.00 bits per heavy atom. The van der Waals surface area contributed by atoms with Gasteiger partial charge in [0.05, 0.1) is 0 Å². The summed E-state index contributed by atoms with van der Waals surface area (Å²) in [5.41, 5.74) is 4.50. The lowest BCUT2D eigenvalue weighted by molar-refractivity contribution is -0.133. The molecular weight excluding hydrogens is 388 g/mol. The molecule has 0 aliphatic carbocycles. The Morgan fingerprint density at radius 3 is 2.74 bits per heavy atom. The maximum absolute atomic E-state index is 12.8. The van der Waals surface area contributed by atoms with Gasteiger partial charge in [-0.25, -0.2) is 9.97 Å². The number of likely N-dealkylation sites (tertiary alicyclic amines) is 1. The minimum Gasteiger partial charge on any atom is -0.342 e. The number of aromatic nitrogens is 2. The van der Waals surface area contributed by atoms with Gasteiger partial charge in [-0.3, -0.25) is 14.5 Å². The summed E-state index contributed by atoms with van der Waals surface area (Å²) in [6, 6.07) is 8.43. The number of benzene rings is 1. The largest absolute Gasteiger partial charge is 0.342 e. The van der Waals surface area contributed by atoms with E-state index in [1.165, 1.54) is 11.1 Å². The van der Waals surface area contributed by atoms with Crippen molar-refractivity contribution in [2.75, 3.05) is 24.5 Å². The fraction of sp³-hybridized carbons (Fsp3) is 0.520. The molecule has 1 aromatic heterocycles. The summed E-state index contributed by atoms with van der Waals surface area (Å²) in [5.74, 6) is 1.99. The SMILES string of the molecule is Cc1cccc(CCN2C(=O)CCc3c(C)nc(C4CCN(C(=O)C(C)C)C4)nc32)c1. The maximum Gasteiger partial charge on any atom is 0.228 e. The average Bonchev–Trinajstić information content (AvgIpc) is 3.22. The quantitative estimate of drug-likeness (QED) is 0.741. The zero-order valence-corrected chi connectivity index (χ0v) is 19.0. The van der Waals surface area contributed by atoms with E-state index in [1.807, 2.05) is 30.6 Å². The van der Waals surface area contributed by atoms with Crippen molar-refractivity contribution < 1.29 is 9.59 Å². The van der Waals surface area contributed by atoms with Crippen LogP contribution in [0, 0.1) is 19.8 Å². The molecule has 1 saturated heterocycles. The zero-order chi connectivity index (χ0) is 22.1. The fourth-order valence-electron chi connectivity index (χ4n) is 4.66. The number of fused-ring (bicyclic) bond motifs is 1. The highest BCUT2D eigenvalue weighted by Crippen LogP contribution is 2.32. The van der Waals surface area contributed by atoms with Crippen molar-refractivity contribution in [3.63, 3.8) is 0 Å². The van der Waals surface area contributed by atoms with Crippen molar-refractivity contribution in [1.82, 2.24) is 14.9 Å². The van der Waals surface area contributed by atoms with Crippen LogP contribution in [0.1, 0.15) is 60.8 Å². The molecule has 2 aliphatic heterocycles. The molecule has 6 heteroatoms. The highest BCUT2D eigenvalue weighted by Gasteiger charge is 2.33. The van der Waals surface area contributed by atoms with E-state index >= 15 is 0 Å². The second kappa shape index (κ2) is 8.77. The van der Waals surface area contributed by atoms with E-state index in [0.29, 0.717) is 25.9 Å². The van der Waals surface area contributed by atoms with Crippen LogP contribution in [-0.4, -0.2) is 46.3 Å². The van der Waals surface area contributed by atoms with Crippen molar-refractivity contribution in [1.29, 1.82) is 0 Å². The molecule has 0 bridgehead atoms. The Hall–Kier alpha value is -2.76. The Kier molecular flexibility index (Phi) is 6.08. The first-order chi connectivity index (χ1) is 14.8. The Balaban J connectivity index is 1.57. The third kappa shape index (κ3) is 4.48. The summed E-state index contributed by atoms with van der Waals surface area (Å²) in [6.45, 7) is 10.0. The van der Waals surface area contributed by atoms with Crippen LogP contribution in [0.15, 0.2) is 24.3 Å². The molecule has 1 fully saturated rings. The van der Waals surface area contributed by atoms with Crippen molar-refractivity contribution in [3.05, 3.63) is 52.5 Å². The summed E-state index contributed by atoms with van der Waals surface area (Å²) < 4.78 is 0. The number of nitrogens with zero attached hydrogens (tertiary/aromatic N) is 4. The number of hydrogen-bond donors (Lipinski definition) is 0. The predicted molar refractivity (Wildman–Crippen MR) is 121 cm³/mol. The normalized spacial score (nSPS) is 18.6. The Morgan fingerprint density at radius 1 is 1.19 bits per heavy atom. The standard InChI is InChI=1S/C25H32N4O2/c1-16(2)25(31)28-12-11-20(15-28)23-26-18(4)21-8-9-22(30)29(24(21)27-23)13-10-19-7-5-6-17(3)14-19/h5-7,14,16,20H,8-13,15H2,1-4H3. The predicted octanol–water partition coefficient (Wildman–Crippen LogP) is 3.59. The smallest absolute Gasteiger partial charge is 0.228 e. The molecule has 0 spiro atoms. The van der Waals surface area contributed by atoms with Crippen LogP contribution >= 0.6 is 0 Å². The van der Waals surface area contributed by atoms with Crippen molar-refractivity contribution in [3.8, 4) is 0 Å². The molecule has 2 amide bonds. The molecule has 31 heavy (non-hydrogen) atoms. The van der Waals surface area contributed by atoms with E-state index in [1.54, 1.807) is 0 Å². The van der Waals surface area contributed by atoms with Crippen LogP contribution in [-0.2, 0) is 22.4 Å². The monoisotopic (exact) mass is 420 g/mol. The lowest BCUT2D eigenvalue weighted by Crippen LogP contribution is -2.38. The second-order valence-corrected chi connectivity index (χ2v) is 9.18. The van der Waals surface area contributed by atoms with Crippen LogP contribution < -0.4 is 4.90 Å². The number of aryl methyl sites for hydroxylation is 2. The number of anilines is 1. The molecule has 1 aromatic carbocycles. The molecular formula is C25H32N4O2. The zero-order valence-electron chi connectivity index (χ0n) is 19.0. The van der Waals surface area contributed by atoms with Crippen LogP contribution in [0.5, 0.6) is 0 Å². The van der Waals surface area contributed by atoms with E-state index in [9.17, 15) is 9.59 Å². The van der Waals surface area contributed by atoms with Crippen LogP contribution in [0.25, 0.3) is 0 Å². The fourth-order valence-corrected chi connectivity index (χ4v) is 4.66. The number of amides is 2. The Labute approximate surface area is 184 Å². The number of rotatable bonds is 5. The van der Waals surface area contributed by atoms with Crippen LogP contribution in [0.2, 0.25) is 0 Å². The minimum atomic E-state index is -0.000302. The first-order valence-corrected chi connectivity index (χ1v) is 11.4. The summed E-state index contributed by atoms with van der Waals surface area (Å²) in [6.07, 6.45) is 2.87. The molecule has 2 aromatic rings. The molecule has 2 aliphatic rings. The van der Waals surface area contributed by atoms with Crippen molar-refractivity contribution in [2.45, 2.75) is 59.3 Å². The van der Waals surface area contributed by atoms with E-state index < -0.39 is 0 Å². The van der Waals surface area contributed by atoms with Gasteiger partial charge in [0.1, 0.15) is 11.6 Å². The first-order valence-electron chi connectivity index (χ1n) is 11.4. The number of carbonyl (C=O) groups is 2. The molecule has 1 atom stereocenters. The third-order valence-electron chi connectivity index (χ3n) is 6.42. The van der Waals surface area contributed by atoms with Gasteiger partial charge >= 0.3 is 0 Å². The molecule has 4 rings (SSSR count). The summed E-state index contributed by atoms with van der Waals surface area (Å²) in [5, 5.41) is 0. The van der Waals surface area contributed by atoms with Gasteiger partial charge < -0.3 is 4.90 Å². The topological polar surface area (TPSA) is 66.4 Å². The third-order valence-corrected chi connectivity index (χ3v) is 6.42. The summed E-state index contributed by atoms with van der Waals surface area (Å²) in [4.78, 5) is 38.7. The Bertz CT molecular complexity index is 1000. The molecule has 164 valence electrons. The van der Waals surface area contributed by atoms with Gasteiger partial charge in [0.2, 0.25) is 11.8 Å². The lowest BCUT2D eigenvalue weighted by Gasteiger charge is -2.30. The van der Waals surface area contributed by atoms with Crippen molar-refractivity contribution in [2.24, 2.45) is 5.92 Å². The number of hydrogen-bond acceptors (Lipinski definition) is 4. The van der Waals surface area contributed by atoms with Gasteiger partial charge in [-0.2, -0.15) is 0 Å². The highest BCUT2D eigenvalue weighted by atomic mass is 16.2. The number of carbonyl (C=O) groups excluding carboxylic acids is 2. The van der Waals surface area contributed by atoms with Gasteiger partial charge in [0.25, 0.3) is 0 Å². The highest BCUT2D eigenvalue weighted by molar-refractivity contribution is 5.95. The van der Waals surface area contributed by atoms with Gasteiger partial charge in [-0.1, -0.05) is 43.7 Å². The van der Waals surface area contributed by atoms with E-state index in [0.717, 1.165) is 42.3 Å². The van der Waals surface area contributed by atoms with Crippen LogP contribution in [0.4, 0.5) is 5.82 Å². The molecule has 0 saturated carbocycles. The average molecular weight is 421 g/mol. The maximum atomic E-state index is 12.8. The molecule has 1 unspecified atom stereocenters. The molecule has 0 N–H and O–H groups in total. The van der Waals surface area contributed by atoms with Gasteiger partial charge in [0.15, 0.2) is 0 Å². The van der Waals surface area contributed by atoms with Gasteiger partial charge in [-0.05, 0) is 38.7 Å². The lowest BCUT2D eigenvalue weighted by atomic mass is 10.0. The van der Waals surface area contributed by atoms with Crippen molar-refractivity contribution >= 4 is 17.6 Å². The van der Waals surface area contributed by atoms with Crippen LogP contribution in [0.3, 0.4) is 0 Å². The summed E-state index contributed by atoms with van der Waals surface area (Å²) in [7, 11) is 0. The summed E-state index contributed by atoms with van der Waals surface area (Å²) >= 11 is 0. The molecule has 0 radical (unpaired) electrons. The molecule has 3 heterocycles. The van der Waals surface area contributed by atoms with E-state index in [4.69, 9.17) is 9.97 Å². The first kappa shape index (κ1) is 21.5. The van der Waals surface area contributed by atoms with E-state index in [-0.39, 0.29) is 23.7 Å². The molecule has 6 nitrogen and oxygen atoms in total. The van der Waals surface area contributed by atoms with Gasteiger partial charge in [-0.15, -0.1) is 0 Å². The second-order valence-electron chi connectivity index (χ2n) is 9.18. The van der Waals surface area contributed by atoms with Gasteiger partial charge in [0, 0.05) is 49.1 Å². The van der Waals surface area contributed by atoms with E-state index in [2.05, 4.69) is 31.2 Å².